The number of carbonyl (C=O) groups is 1. The van der Waals surface area contributed by atoms with Gasteiger partial charge in [-0.1, -0.05) is 26.2 Å². The maximum Gasteiger partial charge on any atom is 0.220 e. The normalized spacial score (nSPS) is 24.5. The lowest BCUT2D eigenvalue weighted by molar-refractivity contribution is -0.123. The fraction of sp³-hybridized carbons (Fsp3) is 0.941. The van der Waals surface area contributed by atoms with Crippen molar-refractivity contribution in [3.05, 3.63) is 0 Å². The van der Waals surface area contributed by atoms with E-state index in [0.717, 1.165) is 25.9 Å². The molecule has 2 atom stereocenters. The predicted octanol–water partition coefficient (Wildman–Crippen LogP) is 2.07. The van der Waals surface area contributed by atoms with E-state index < -0.39 is 0 Å². The van der Waals surface area contributed by atoms with Crippen LogP contribution in [0.1, 0.15) is 58.3 Å². The van der Waals surface area contributed by atoms with Crippen LogP contribution < -0.4 is 10.6 Å². The van der Waals surface area contributed by atoms with Crippen LogP contribution in [0.4, 0.5) is 0 Å². The van der Waals surface area contributed by atoms with Crippen molar-refractivity contribution in [2.45, 2.75) is 64.4 Å². The van der Waals surface area contributed by atoms with Gasteiger partial charge in [0.2, 0.25) is 5.91 Å². The second kappa shape index (κ2) is 8.74. The zero-order valence-corrected chi connectivity index (χ0v) is 13.4. The number of rotatable bonds is 6. The molecule has 0 aromatic carbocycles. The summed E-state index contributed by atoms with van der Waals surface area (Å²) in [6.45, 7) is 4.78. The van der Waals surface area contributed by atoms with Crippen molar-refractivity contribution in [2.24, 2.45) is 17.8 Å². The van der Waals surface area contributed by atoms with Crippen molar-refractivity contribution >= 4 is 5.91 Å². The van der Waals surface area contributed by atoms with Gasteiger partial charge in [0.25, 0.3) is 0 Å². The molecule has 0 radical (unpaired) electrons. The summed E-state index contributed by atoms with van der Waals surface area (Å²) in [7, 11) is 0. The van der Waals surface area contributed by atoms with E-state index in [0.29, 0.717) is 30.7 Å². The van der Waals surface area contributed by atoms with Gasteiger partial charge in [-0.05, 0) is 56.5 Å². The summed E-state index contributed by atoms with van der Waals surface area (Å²) in [6, 6.07) is 0. The molecule has 1 aliphatic heterocycles. The molecule has 4 nitrogen and oxygen atoms in total. The third kappa shape index (κ3) is 5.59. The lowest BCUT2D eigenvalue weighted by Gasteiger charge is -2.29. The predicted molar refractivity (Wildman–Crippen MR) is 85.0 cm³/mol. The van der Waals surface area contributed by atoms with E-state index in [4.69, 9.17) is 0 Å². The molecule has 2 rings (SSSR count). The van der Waals surface area contributed by atoms with Gasteiger partial charge in [-0.3, -0.25) is 4.79 Å². The van der Waals surface area contributed by atoms with Crippen molar-refractivity contribution < 1.29 is 9.90 Å². The largest absolute Gasteiger partial charge is 0.391 e. The second-order valence-corrected chi connectivity index (χ2v) is 7.04. The van der Waals surface area contributed by atoms with Gasteiger partial charge in [0.05, 0.1) is 6.10 Å². The first-order chi connectivity index (χ1) is 10.2. The maximum atomic E-state index is 12.0. The lowest BCUT2D eigenvalue weighted by Crippen LogP contribution is -2.38. The van der Waals surface area contributed by atoms with Gasteiger partial charge >= 0.3 is 0 Å². The van der Waals surface area contributed by atoms with Gasteiger partial charge in [-0.25, -0.2) is 0 Å². The Kier molecular flexibility index (Phi) is 6.97. The van der Waals surface area contributed by atoms with E-state index in [1.807, 2.05) is 0 Å². The monoisotopic (exact) mass is 296 g/mol. The smallest absolute Gasteiger partial charge is 0.220 e. The van der Waals surface area contributed by atoms with Crippen molar-refractivity contribution in [1.82, 2.24) is 10.6 Å². The minimum atomic E-state index is -0.358. The molecule has 1 heterocycles. The minimum absolute atomic E-state index is 0.107. The Balaban J connectivity index is 1.64. The molecule has 2 unspecified atom stereocenters. The Morgan fingerprint density at radius 3 is 2.48 bits per heavy atom. The summed E-state index contributed by atoms with van der Waals surface area (Å²) >= 11 is 0. The van der Waals surface area contributed by atoms with E-state index in [-0.39, 0.29) is 12.0 Å². The minimum Gasteiger partial charge on any atom is -0.391 e. The van der Waals surface area contributed by atoms with E-state index in [2.05, 4.69) is 17.6 Å². The fourth-order valence-corrected chi connectivity index (χ4v) is 3.85. The Morgan fingerprint density at radius 1 is 1.14 bits per heavy atom. The Labute approximate surface area is 129 Å². The number of carbonyl (C=O) groups excluding carboxylic acids is 1. The maximum absolute atomic E-state index is 12.0. The molecule has 1 aliphatic carbocycles. The summed E-state index contributed by atoms with van der Waals surface area (Å²) < 4.78 is 0. The van der Waals surface area contributed by atoms with Crippen LogP contribution >= 0.6 is 0 Å². The molecule has 21 heavy (non-hydrogen) atoms. The number of hydrogen-bond donors (Lipinski definition) is 3. The van der Waals surface area contributed by atoms with Gasteiger partial charge in [0.15, 0.2) is 0 Å². The van der Waals surface area contributed by atoms with Gasteiger partial charge in [-0.15, -0.1) is 0 Å². The number of piperidine rings is 1. The molecule has 1 amide bonds. The number of hydrogen-bond acceptors (Lipinski definition) is 3. The summed E-state index contributed by atoms with van der Waals surface area (Å²) in [5.74, 6) is 1.61. The SMILES string of the molecule is CC(CC(=O)NCC(O)C1CCCCC1)C1CCNCC1. The van der Waals surface area contributed by atoms with Crippen molar-refractivity contribution in [2.75, 3.05) is 19.6 Å². The zero-order valence-electron chi connectivity index (χ0n) is 13.4. The van der Waals surface area contributed by atoms with Crippen molar-refractivity contribution in [3.63, 3.8) is 0 Å². The molecule has 4 heteroatoms. The number of aliphatic hydroxyl groups excluding tert-OH is 1. The number of amides is 1. The Morgan fingerprint density at radius 2 is 1.81 bits per heavy atom. The van der Waals surface area contributed by atoms with Crippen LogP contribution in [0.5, 0.6) is 0 Å². The summed E-state index contributed by atoms with van der Waals surface area (Å²) in [5.41, 5.74) is 0. The average Bonchev–Trinajstić information content (AvgIpc) is 2.54. The highest BCUT2D eigenvalue weighted by molar-refractivity contribution is 5.76. The first-order valence-corrected chi connectivity index (χ1v) is 8.82. The van der Waals surface area contributed by atoms with Crippen LogP contribution in [0.25, 0.3) is 0 Å². The third-order valence-electron chi connectivity index (χ3n) is 5.40. The average molecular weight is 296 g/mol. The molecule has 0 spiro atoms. The lowest BCUT2D eigenvalue weighted by atomic mass is 9.84. The van der Waals surface area contributed by atoms with E-state index in [1.54, 1.807) is 0 Å². The molecule has 2 fully saturated rings. The van der Waals surface area contributed by atoms with Crippen molar-refractivity contribution in [1.29, 1.82) is 0 Å². The van der Waals surface area contributed by atoms with Crippen LogP contribution in [0.15, 0.2) is 0 Å². The fourth-order valence-electron chi connectivity index (χ4n) is 3.85. The standard InChI is InChI=1S/C17H32N2O2/c1-13(14-7-9-18-10-8-14)11-17(21)19-12-16(20)15-5-3-2-4-6-15/h13-16,18,20H,2-12H2,1H3,(H,19,21). The third-order valence-corrected chi connectivity index (χ3v) is 5.40. The number of nitrogens with one attached hydrogen (secondary N) is 2. The van der Waals surface area contributed by atoms with Gasteiger partial charge in [0.1, 0.15) is 0 Å². The van der Waals surface area contributed by atoms with Crippen LogP contribution in [-0.4, -0.2) is 36.8 Å². The van der Waals surface area contributed by atoms with Crippen LogP contribution in [-0.2, 0) is 4.79 Å². The van der Waals surface area contributed by atoms with Crippen LogP contribution in [0.3, 0.4) is 0 Å². The molecule has 1 saturated heterocycles. The Bertz CT molecular complexity index is 310. The number of aliphatic hydroxyl groups is 1. The quantitative estimate of drug-likeness (QED) is 0.703. The highest BCUT2D eigenvalue weighted by Crippen LogP contribution is 2.26. The second-order valence-electron chi connectivity index (χ2n) is 7.04. The molecule has 3 N–H and O–H groups in total. The first-order valence-electron chi connectivity index (χ1n) is 8.82. The van der Waals surface area contributed by atoms with Gasteiger partial charge in [0, 0.05) is 13.0 Å². The molecule has 122 valence electrons. The van der Waals surface area contributed by atoms with Gasteiger partial charge in [-0.2, -0.15) is 0 Å². The highest BCUT2D eigenvalue weighted by atomic mass is 16.3. The molecule has 0 bridgehead atoms. The molecule has 0 aromatic heterocycles. The molecule has 0 aromatic rings. The summed E-state index contributed by atoms with van der Waals surface area (Å²) in [4.78, 5) is 12.0. The topological polar surface area (TPSA) is 61.4 Å². The van der Waals surface area contributed by atoms with Crippen LogP contribution in [0, 0.1) is 17.8 Å². The van der Waals surface area contributed by atoms with E-state index in [1.165, 1.54) is 32.1 Å². The van der Waals surface area contributed by atoms with E-state index in [9.17, 15) is 9.90 Å². The molecular weight excluding hydrogens is 264 g/mol. The molecular formula is C17H32N2O2. The first kappa shape index (κ1) is 16.8. The molecule has 2 aliphatic rings. The highest BCUT2D eigenvalue weighted by Gasteiger charge is 2.24. The Hall–Kier alpha value is -0.610. The van der Waals surface area contributed by atoms with Gasteiger partial charge < -0.3 is 15.7 Å². The summed E-state index contributed by atoms with van der Waals surface area (Å²) in [5, 5.41) is 16.5. The summed E-state index contributed by atoms with van der Waals surface area (Å²) in [6.07, 6.45) is 8.57. The van der Waals surface area contributed by atoms with Crippen molar-refractivity contribution in [3.8, 4) is 0 Å². The van der Waals surface area contributed by atoms with E-state index >= 15 is 0 Å². The van der Waals surface area contributed by atoms with Crippen LogP contribution in [0.2, 0.25) is 0 Å². The molecule has 1 saturated carbocycles. The zero-order chi connectivity index (χ0) is 15.1.